The van der Waals surface area contributed by atoms with Crippen molar-refractivity contribution in [2.75, 3.05) is 36.9 Å². The number of urea groups is 1. The van der Waals surface area contributed by atoms with E-state index >= 15 is 0 Å². The molecule has 2 amide bonds. The van der Waals surface area contributed by atoms with Gasteiger partial charge < -0.3 is 41.1 Å². The van der Waals surface area contributed by atoms with Gasteiger partial charge in [-0.05, 0) is 86.2 Å². The molecule has 0 bridgehead atoms. The minimum Gasteiger partial charge on any atom is -0.508 e. The SMILES string of the molecule is O=C(Nc1cccc(O)c1)Nc1cccc(CCCCOCCCCCCNC[C@H](O)c2ccc(O)c(CO)c2)c1. The van der Waals surface area contributed by atoms with Crippen molar-refractivity contribution < 1.29 is 30.0 Å². The number of benzene rings is 3. The Bertz CT molecular complexity index is 1210. The first kappa shape index (κ1) is 31.9. The number of aliphatic hydroxyl groups excluding tert-OH is 2. The molecule has 0 unspecified atom stereocenters. The maximum Gasteiger partial charge on any atom is 0.323 e. The van der Waals surface area contributed by atoms with Crippen LogP contribution in [-0.2, 0) is 17.8 Å². The highest BCUT2D eigenvalue weighted by Gasteiger charge is 2.10. The fourth-order valence-corrected chi connectivity index (χ4v) is 4.42. The molecule has 3 rings (SSSR count). The van der Waals surface area contributed by atoms with Gasteiger partial charge in [0.1, 0.15) is 11.5 Å². The van der Waals surface area contributed by atoms with Gasteiger partial charge in [0.05, 0.1) is 12.7 Å². The third kappa shape index (κ3) is 12.2. The summed E-state index contributed by atoms with van der Waals surface area (Å²) < 4.78 is 5.78. The number of hydrogen-bond acceptors (Lipinski definition) is 7. The van der Waals surface area contributed by atoms with E-state index in [0.29, 0.717) is 23.4 Å². The lowest BCUT2D eigenvalue weighted by Gasteiger charge is -2.14. The maximum absolute atomic E-state index is 12.2. The molecule has 0 heterocycles. The number of carbonyl (C=O) groups excluding carboxylic acids is 1. The molecule has 0 radical (unpaired) electrons. The van der Waals surface area contributed by atoms with E-state index in [2.05, 4.69) is 22.0 Å². The molecule has 0 aliphatic heterocycles. The highest BCUT2D eigenvalue weighted by Crippen LogP contribution is 2.22. The van der Waals surface area contributed by atoms with Gasteiger partial charge >= 0.3 is 6.03 Å². The van der Waals surface area contributed by atoms with Crippen LogP contribution in [0.1, 0.15) is 61.3 Å². The molecule has 3 aromatic rings. The summed E-state index contributed by atoms with van der Waals surface area (Å²) in [7, 11) is 0. The first-order chi connectivity index (χ1) is 19.9. The lowest BCUT2D eigenvalue weighted by Crippen LogP contribution is -2.22. The molecule has 0 aliphatic carbocycles. The molecule has 9 heteroatoms. The molecular formula is C32H43N3O6. The predicted molar refractivity (Wildman–Crippen MR) is 161 cm³/mol. The summed E-state index contributed by atoms with van der Waals surface area (Å²) in [6.45, 7) is 2.48. The quantitative estimate of drug-likeness (QED) is 0.102. The number of carbonyl (C=O) groups is 1. The zero-order valence-corrected chi connectivity index (χ0v) is 23.5. The zero-order chi connectivity index (χ0) is 29.3. The van der Waals surface area contributed by atoms with Crippen molar-refractivity contribution in [3.05, 3.63) is 83.4 Å². The molecule has 0 aliphatic rings. The average molecular weight is 566 g/mol. The van der Waals surface area contributed by atoms with Crippen LogP contribution in [0.15, 0.2) is 66.7 Å². The van der Waals surface area contributed by atoms with E-state index in [9.17, 15) is 25.2 Å². The van der Waals surface area contributed by atoms with Crippen molar-refractivity contribution >= 4 is 17.4 Å². The van der Waals surface area contributed by atoms with Crippen LogP contribution in [0.25, 0.3) is 0 Å². The van der Waals surface area contributed by atoms with Crippen molar-refractivity contribution in [1.29, 1.82) is 0 Å². The summed E-state index contributed by atoms with van der Waals surface area (Å²) >= 11 is 0. The Labute approximate surface area is 242 Å². The second kappa shape index (κ2) is 17.9. The summed E-state index contributed by atoms with van der Waals surface area (Å²) in [5.74, 6) is 0.130. The van der Waals surface area contributed by atoms with Crippen LogP contribution >= 0.6 is 0 Å². The summed E-state index contributed by atoms with van der Waals surface area (Å²) in [6.07, 6.45) is 6.44. The minimum absolute atomic E-state index is 0.0342. The minimum atomic E-state index is -0.682. The Balaban J connectivity index is 1.16. The maximum atomic E-state index is 12.2. The molecule has 0 aromatic heterocycles. The number of phenols is 2. The number of phenolic OH excluding ortho intramolecular Hbond substituents is 1. The van der Waals surface area contributed by atoms with E-state index in [-0.39, 0.29) is 24.1 Å². The Morgan fingerprint density at radius 2 is 1.51 bits per heavy atom. The Kier molecular flexibility index (Phi) is 13.9. The number of aryl methyl sites for hydroxylation is 1. The molecule has 0 saturated carbocycles. The van der Waals surface area contributed by atoms with Crippen LogP contribution in [0.4, 0.5) is 16.2 Å². The average Bonchev–Trinajstić information content (AvgIpc) is 2.95. The van der Waals surface area contributed by atoms with E-state index in [0.717, 1.165) is 76.0 Å². The molecule has 9 nitrogen and oxygen atoms in total. The van der Waals surface area contributed by atoms with Crippen LogP contribution in [-0.4, -0.2) is 52.8 Å². The van der Waals surface area contributed by atoms with E-state index in [1.807, 2.05) is 18.2 Å². The summed E-state index contributed by atoms with van der Waals surface area (Å²) in [5, 5.41) is 47.5. The zero-order valence-electron chi connectivity index (χ0n) is 23.5. The van der Waals surface area contributed by atoms with Crippen molar-refractivity contribution in [1.82, 2.24) is 5.32 Å². The van der Waals surface area contributed by atoms with Crippen molar-refractivity contribution in [3.8, 4) is 11.5 Å². The number of anilines is 2. The number of amides is 2. The van der Waals surface area contributed by atoms with Crippen LogP contribution in [0.3, 0.4) is 0 Å². The molecule has 0 fully saturated rings. The van der Waals surface area contributed by atoms with E-state index < -0.39 is 6.10 Å². The Morgan fingerprint density at radius 3 is 2.27 bits per heavy atom. The number of aliphatic hydroxyl groups is 2. The fraction of sp³-hybridized carbons (Fsp3) is 0.406. The highest BCUT2D eigenvalue weighted by molar-refractivity contribution is 5.99. The molecule has 0 saturated heterocycles. The summed E-state index contributed by atoms with van der Waals surface area (Å²) in [5.41, 5.74) is 3.48. The number of nitrogens with one attached hydrogen (secondary N) is 3. The van der Waals surface area contributed by atoms with Crippen LogP contribution in [0.5, 0.6) is 11.5 Å². The van der Waals surface area contributed by atoms with Crippen LogP contribution in [0, 0.1) is 0 Å². The molecule has 3 aromatic carbocycles. The Morgan fingerprint density at radius 1 is 0.805 bits per heavy atom. The third-order valence-electron chi connectivity index (χ3n) is 6.68. The fourth-order valence-electron chi connectivity index (χ4n) is 4.42. The second-order valence-corrected chi connectivity index (χ2v) is 10.1. The van der Waals surface area contributed by atoms with Crippen molar-refractivity contribution in [2.45, 2.75) is 57.7 Å². The van der Waals surface area contributed by atoms with Gasteiger partial charge in [-0.2, -0.15) is 0 Å². The van der Waals surface area contributed by atoms with Gasteiger partial charge in [-0.1, -0.05) is 37.1 Å². The largest absolute Gasteiger partial charge is 0.508 e. The van der Waals surface area contributed by atoms with Gasteiger partial charge in [0.15, 0.2) is 0 Å². The normalized spacial score (nSPS) is 11.8. The molecule has 222 valence electrons. The van der Waals surface area contributed by atoms with Crippen molar-refractivity contribution in [3.63, 3.8) is 0 Å². The number of aromatic hydroxyl groups is 2. The van der Waals surface area contributed by atoms with Crippen LogP contribution < -0.4 is 16.0 Å². The van der Waals surface area contributed by atoms with Gasteiger partial charge in [-0.15, -0.1) is 0 Å². The van der Waals surface area contributed by atoms with Crippen LogP contribution in [0.2, 0.25) is 0 Å². The number of unbranched alkanes of at least 4 members (excludes halogenated alkanes) is 4. The summed E-state index contributed by atoms with van der Waals surface area (Å²) in [4.78, 5) is 12.2. The molecule has 0 spiro atoms. The highest BCUT2D eigenvalue weighted by atomic mass is 16.5. The molecular weight excluding hydrogens is 522 g/mol. The van der Waals surface area contributed by atoms with Gasteiger partial charge in [0.2, 0.25) is 0 Å². The van der Waals surface area contributed by atoms with Gasteiger partial charge in [-0.3, -0.25) is 0 Å². The first-order valence-electron chi connectivity index (χ1n) is 14.3. The predicted octanol–water partition coefficient (Wildman–Crippen LogP) is 5.46. The number of hydrogen-bond donors (Lipinski definition) is 7. The topological polar surface area (TPSA) is 143 Å². The molecule has 1 atom stereocenters. The standard InChI is InChI=1S/C32H43N3O6/c36-23-26-20-25(14-15-30(26)38)31(39)22-33-16-4-1-2-5-17-41-18-6-3-9-24-10-7-11-27(19-24)34-32(40)35-28-12-8-13-29(37)21-28/h7-8,10-15,19-21,31,33,36-39H,1-6,9,16-18,22-23H2,(H2,34,35,40)/t31-/m0/s1. The Hall–Kier alpha value is -3.63. The number of ether oxygens (including phenoxy) is 1. The summed E-state index contributed by atoms with van der Waals surface area (Å²) in [6, 6.07) is 18.6. The lowest BCUT2D eigenvalue weighted by molar-refractivity contribution is 0.126. The van der Waals surface area contributed by atoms with E-state index in [4.69, 9.17) is 4.74 Å². The smallest absolute Gasteiger partial charge is 0.323 e. The van der Waals surface area contributed by atoms with E-state index in [1.165, 1.54) is 12.1 Å². The van der Waals surface area contributed by atoms with E-state index in [1.54, 1.807) is 30.3 Å². The second-order valence-electron chi connectivity index (χ2n) is 10.1. The van der Waals surface area contributed by atoms with Crippen molar-refractivity contribution in [2.24, 2.45) is 0 Å². The monoisotopic (exact) mass is 565 g/mol. The molecule has 41 heavy (non-hydrogen) atoms. The molecule has 7 N–H and O–H groups in total. The van der Waals surface area contributed by atoms with Gasteiger partial charge in [0, 0.05) is 42.8 Å². The first-order valence-corrected chi connectivity index (χ1v) is 14.3. The lowest BCUT2D eigenvalue weighted by atomic mass is 10.1. The third-order valence-corrected chi connectivity index (χ3v) is 6.68. The van der Waals surface area contributed by atoms with Gasteiger partial charge in [-0.25, -0.2) is 4.79 Å². The number of rotatable bonds is 18. The van der Waals surface area contributed by atoms with Gasteiger partial charge in [0.25, 0.3) is 0 Å².